The molecule has 0 spiro atoms. The van der Waals surface area contributed by atoms with Crippen LogP contribution in [0.2, 0.25) is 0 Å². The third-order valence-corrected chi connectivity index (χ3v) is 1.55. The standard InChI is InChI=1S/C15H10O/c16-14-10-5-3-1-2-4-7-11-15-12-8-6-9-13-15/h5-6,8-10,12-13,16H,14H2. The van der Waals surface area contributed by atoms with E-state index >= 15 is 0 Å². The minimum Gasteiger partial charge on any atom is -0.392 e. The van der Waals surface area contributed by atoms with Crippen LogP contribution in [0.15, 0.2) is 42.5 Å². The van der Waals surface area contributed by atoms with Crippen molar-refractivity contribution in [2.75, 3.05) is 6.61 Å². The Morgan fingerprint density at radius 3 is 2.50 bits per heavy atom. The number of hydrogen-bond acceptors (Lipinski definition) is 1. The van der Waals surface area contributed by atoms with E-state index in [-0.39, 0.29) is 6.61 Å². The van der Waals surface area contributed by atoms with Gasteiger partial charge in [-0.2, -0.15) is 0 Å². The maximum absolute atomic E-state index is 8.42. The topological polar surface area (TPSA) is 20.2 Å². The molecule has 1 aromatic rings. The van der Waals surface area contributed by atoms with Gasteiger partial charge in [0.25, 0.3) is 0 Å². The van der Waals surface area contributed by atoms with Gasteiger partial charge in [-0.25, -0.2) is 0 Å². The van der Waals surface area contributed by atoms with E-state index in [1.807, 2.05) is 30.3 Å². The van der Waals surface area contributed by atoms with Crippen LogP contribution in [0.5, 0.6) is 0 Å². The molecule has 0 atom stereocenters. The molecule has 0 heterocycles. The van der Waals surface area contributed by atoms with Crippen LogP contribution in [-0.2, 0) is 0 Å². The van der Waals surface area contributed by atoms with Crippen molar-refractivity contribution in [1.29, 1.82) is 0 Å². The van der Waals surface area contributed by atoms with Gasteiger partial charge in [0, 0.05) is 5.56 Å². The van der Waals surface area contributed by atoms with Gasteiger partial charge >= 0.3 is 0 Å². The second-order valence-electron chi connectivity index (χ2n) is 2.72. The molecule has 0 aromatic heterocycles. The minimum atomic E-state index is -0.00405. The molecule has 1 heteroatoms. The average molecular weight is 206 g/mol. The van der Waals surface area contributed by atoms with Crippen LogP contribution < -0.4 is 0 Å². The Labute approximate surface area is 95.8 Å². The summed E-state index contributed by atoms with van der Waals surface area (Å²) in [4.78, 5) is 0. The smallest absolute Gasteiger partial charge is 0.0621 e. The van der Waals surface area contributed by atoms with E-state index in [0.29, 0.717) is 0 Å². The summed E-state index contributed by atoms with van der Waals surface area (Å²) in [7, 11) is 0. The largest absolute Gasteiger partial charge is 0.392 e. The maximum atomic E-state index is 8.42. The quantitative estimate of drug-likeness (QED) is 0.692. The lowest BCUT2D eigenvalue weighted by atomic mass is 10.2. The highest BCUT2D eigenvalue weighted by atomic mass is 16.2. The van der Waals surface area contributed by atoms with Crippen molar-refractivity contribution in [3.05, 3.63) is 48.0 Å². The van der Waals surface area contributed by atoms with E-state index in [0.717, 1.165) is 5.56 Å². The van der Waals surface area contributed by atoms with Gasteiger partial charge in [0.1, 0.15) is 0 Å². The Morgan fingerprint density at radius 2 is 1.75 bits per heavy atom. The summed E-state index contributed by atoms with van der Waals surface area (Å²) in [5.74, 6) is 16.1. The predicted octanol–water partition coefficient (Wildman–Crippen LogP) is 1.59. The molecular formula is C15H10O. The molecule has 0 saturated heterocycles. The third-order valence-electron chi connectivity index (χ3n) is 1.55. The van der Waals surface area contributed by atoms with Crippen molar-refractivity contribution in [2.24, 2.45) is 0 Å². The molecule has 0 bridgehead atoms. The lowest BCUT2D eigenvalue weighted by Crippen LogP contribution is -1.69. The zero-order valence-electron chi connectivity index (χ0n) is 8.70. The van der Waals surface area contributed by atoms with Crippen LogP contribution in [0.1, 0.15) is 5.56 Å². The first-order chi connectivity index (χ1) is 7.93. The van der Waals surface area contributed by atoms with Crippen LogP contribution in [0, 0.1) is 35.5 Å². The third kappa shape index (κ3) is 5.36. The molecule has 76 valence electrons. The van der Waals surface area contributed by atoms with E-state index in [4.69, 9.17) is 5.11 Å². The molecular weight excluding hydrogens is 196 g/mol. The van der Waals surface area contributed by atoms with Crippen LogP contribution >= 0.6 is 0 Å². The van der Waals surface area contributed by atoms with Gasteiger partial charge in [-0.1, -0.05) is 36.1 Å². The number of hydrogen-bond donors (Lipinski definition) is 1. The van der Waals surface area contributed by atoms with E-state index in [2.05, 4.69) is 35.5 Å². The van der Waals surface area contributed by atoms with Gasteiger partial charge in [0.15, 0.2) is 0 Å². The van der Waals surface area contributed by atoms with Crippen LogP contribution in [0.25, 0.3) is 0 Å². The van der Waals surface area contributed by atoms with Gasteiger partial charge in [-0.3, -0.25) is 0 Å². The Bertz CT molecular complexity index is 519. The van der Waals surface area contributed by atoms with Crippen molar-refractivity contribution in [3.63, 3.8) is 0 Å². The fraction of sp³-hybridized carbons (Fsp3) is 0.0667. The molecule has 0 saturated carbocycles. The Hall–Kier alpha value is -2.40. The normalized spacial score (nSPS) is 8.06. The summed E-state index contributed by atoms with van der Waals surface area (Å²) in [5.41, 5.74) is 0.935. The first-order valence-electron chi connectivity index (χ1n) is 4.76. The molecule has 0 fully saturated rings. The highest BCUT2D eigenvalue weighted by molar-refractivity contribution is 5.43. The van der Waals surface area contributed by atoms with Crippen LogP contribution in [-0.4, -0.2) is 11.7 Å². The summed E-state index contributed by atoms with van der Waals surface area (Å²) in [5, 5.41) is 8.42. The second-order valence-corrected chi connectivity index (χ2v) is 2.72. The predicted molar refractivity (Wildman–Crippen MR) is 65.1 cm³/mol. The number of allylic oxidation sites excluding steroid dienone is 1. The van der Waals surface area contributed by atoms with E-state index in [1.54, 1.807) is 12.2 Å². The highest BCUT2D eigenvalue weighted by Crippen LogP contribution is 1.93. The Morgan fingerprint density at radius 1 is 1.00 bits per heavy atom. The molecule has 0 radical (unpaired) electrons. The number of aliphatic hydroxyl groups is 1. The summed E-state index contributed by atoms with van der Waals surface area (Å²) in [6, 6.07) is 9.64. The first-order valence-corrected chi connectivity index (χ1v) is 4.76. The molecule has 16 heavy (non-hydrogen) atoms. The number of rotatable bonds is 1. The average Bonchev–Trinajstić information content (AvgIpc) is 2.34. The van der Waals surface area contributed by atoms with E-state index in [1.165, 1.54) is 0 Å². The summed E-state index contributed by atoms with van der Waals surface area (Å²) >= 11 is 0. The van der Waals surface area contributed by atoms with Gasteiger partial charge < -0.3 is 5.11 Å². The second kappa shape index (κ2) is 7.95. The fourth-order valence-corrected chi connectivity index (χ4v) is 0.877. The van der Waals surface area contributed by atoms with Gasteiger partial charge in [-0.15, -0.1) is 0 Å². The lowest BCUT2D eigenvalue weighted by Gasteiger charge is -1.83. The van der Waals surface area contributed by atoms with Crippen molar-refractivity contribution in [3.8, 4) is 35.5 Å². The van der Waals surface area contributed by atoms with E-state index in [9.17, 15) is 0 Å². The van der Waals surface area contributed by atoms with Crippen LogP contribution in [0.4, 0.5) is 0 Å². The minimum absolute atomic E-state index is 0.00405. The summed E-state index contributed by atoms with van der Waals surface area (Å²) < 4.78 is 0. The SMILES string of the molecule is OCC=CC#CC#CC#Cc1ccccc1. The van der Waals surface area contributed by atoms with Gasteiger partial charge in [0.2, 0.25) is 0 Å². The molecule has 0 aliphatic rings. The summed E-state index contributed by atoms with van der Waals surface area (Å²) in [6.45, 7) is -0.00405. The van der Waals surface area contributed by atoms with E-state index < -0.39 is 0 Å². The highest BCUT2D eigenvalue weighted by Gasteiger charge is 1.78. The molecule has 1 N–H and O–H groups in total. The van der Waals surface area contributed by atoms with Crippen molar-refractivity contribution in [2.45, 2.75) is 0 Å². The Balaban J connectivity index is 2.52. The molecule has 1 aromatic carbocycles. The number of aliphatic hydroxyl groups excluding tert-OH is 1. The molecule has 0 aliphatic heterocycles. The lowest BCUT2D eigenvalue weighted by molar-refractivity contribution is 0.343. The first kappa shape index (κ1) is 11.7. The van der Waals surface area contributed by atoms with Crippen LogP contribution in [0.3, 0.4) is 0 Å². The molecule has 0 amide bonds. The maximum Gasteiger partial charge on any atom is 0.0621 e. The number of benzene rings is 1. The van der Waals surface area contributed by atoms with Gasteiger partial charge in [0.05, 0.1) is 6.61 Å². The zero-order valence-corrected chi connectivity index (χ0v) is 8.70. The Kier molecular flexibility index (Phi) is 5.80. The molecule has 1 nitrogen and oxygen atoms in total. The molecule has 1 rings (SSSR count). The fourth-order valence-electron chi connectivity index (χ4n) is 0.877. The van der Waals surface area contributed by atoms with Gasteiger partial charge in [-0.05, 0) is 41.9 Å². The molecule has 0 unspecified atom stereocenters. The van der Waals surface area contributed by atoms with Crippen molar-refractivity contribution >= 4 is 0 Å². The molecule has 0 aliphatic carbocycles. The summed E-state index contributed by atoms with van der Waals surface area (Å²) in [6.07, 6.45) is 3.10. The monoisotopic (exact) mass is 206 g/mol. The van der Waals surface area contributed by atoms with Crippen molar-refractivity contribution < 1.29 is 5.11 Å². The van der Waals surface area contributed by atoms with Crippen molar-refractivity contribution in [1.82, 2.24) is 0 Å². The zero-order chi connectivity index (χ0) is 11.5.